The molecule has 0 bridgehead atoms. The number of rotatable bonds is 6. The van der Waals surface area contributed by atoms with Gasteiger partial charge in [-0.05, 0) is 41.2 Å². The van der Waals surface area contributed by atoms with Gasteiger partial charge in [0, 0.05) is 19.7 Å². The predicted octanol–water partition coefficient (Wildman–Crippen LogP) is 1.66. The molecule has 0 saturated carbocycles. The molecule has 0 aliphatic rings. The first kappa shape index (κ1) is 16.7. The number of hydrogen-bond acceptors (Lipinski definition) is 4. The third-order valence-corrected chi connectivity index (χ3v) is 3.41. The SMILES string of the molecule is COc1ccc(C(=O)CN(C)CC(=O)N(C)C)cc1Br. The number of hydrogen-bond donors (Lipinski definition) is 0. The molecule has 0 aliphatic heterocycles. The van der Waals surface area contributed by atoms with Crippen molar-refractivity contribution in [3.8, 4) is 5.75 Å². The number of ketones is 1. The monoisotopic (exact) mass is 342 g/mol. The lowest BCUT2D eigenvalue weighted by Gasteiger charge is -2.18. The first-order valence-corrected chi connectivity index (χ1v) is 6.90. The zero-order valence-corrected chi connectivity index (χ0v) is 13.7. The van der Waals surface area contributed by atoms with E-state index in [-0.39, 0.29) is 24.8 Å². The minimum Gasteiger partial charge on any atom is -0.496 e. The van der Waals surface area contributed by atoms with Gasteiger partial charge in [-0.3, -0.25) is 14.5 Å². The molecule has 1 amide bonds. The number of ether oxygens (including phenoxy) is 1. The Morgan fingerprint density at radius 2 is 1.85 bits per heavy atom. The molecule has 0 aromatic heterocycles. The average Bonchev–Trinajstić information content (AvgIpc) is 2.38. The van der Waals surface area contributed by atoms with Gasteiger partial charge in [0.25, 0.3) is 0 Å². The third kappa shape index (κ3) is 4.61. The van der Waals surface area contributed by atoms with Crippen molar-refractivity contribution in [2.45, 2.75) is 0 Å². The van der Waals surface area contributed by atoms with Crippen LogP contribution in [0.2, 0.25) is 0 Å². The van der Waals surface area contributed by atoms with E-state index in [2.05, 4.69) is 15.9 Å². The zero-order valence-electron chi connectivity index (χ0n) is 12.1. The highest BCUT2D eigenvalue weighted by Gasteiger charge is 2.14. The predicted molar refractivity (Wildman–Crippen MR) is 81.2 cm³/mol. The summed E-state index contributed by atoms with van der Waals surface area (Å²) in [7, 11) is 6.71. The van der Waals surface area contributed by atoms with Crippen LogP contribution in [-0.2, 0) is 4.79 Å². The first-order valence-electron chi connectivity index (χ1n) is 6.10. The fourth-order valence-corrected chi connectivity index (χ4v) is 2.15. The van der Waals surface area contributed by atoms with Crippen LogP contribution in [0.25, 0.3) is 0 Å². The van der Waals surface area contributed by atoms with Crippen LogP contribution in [0.3, 0.4) is 0 Å². The second-order valence-electron chi connectivity index (χ2n) is 4.73. The molecule has 0 aliphatic carbocycles. The number of carbonyl (C=O) groups excluding carboxylic acids is 2. The van der Waals surface area contributed by atoms with E-state index in [4.69, 9.17) is 4.74 Å². The Labute approximate surface area is 127 Å². The number of likely N-dealkylation sites (N-methyl/N-ethyl adjacent to an activating group) is 2. The largest absolute Gasteiger partial charge is 0.496 e. The molecule has 0 atom stereocenters. The highest BCUT2D eigenvalue weighted by Crippen LogP contribution is 2.25. The number of benzene rings is 1. The summed E-state index contributed by atoms with van der Waals surface area (Å²) in [5.74, 6) is 0.608. The Hall–Kier alpha value is -1.40. The van der Waals surface area contributed by atoms with Gasteiger partial charge in [-0.15, -0.1) is 0 Å². The quantitative estimate of drug-likeness (QED) is 0.738. The lowest BCUT2D eigenvalue weighted by Crippen LogP contribution is -2.36. The summed E-state index contributed by atoms with van der Waals surface area (Å²) in [5, 5.41) is 0. The van der Waals surface area contributed by atoms with E-state index in [1.54, 1.807) is 51.4 Å². The topological polar surface area (TPSA) is 49.9 Å². The maximum absolute atomic E-state index is 12.1. The lowest BCUT2D eigenvalue weighted by atomic mass is 10.1. The van der Waals surface area contributed by atoms with Crippen LogP contribution >= 0.6 is 15.9 Å². The maximum atomic E-state index is 12.1. The van der Waals surface area contributed by atoms with E-state index in [1.165, 1.54) is 4.90 Å². The Morgan fingerprint density at radius 3 is 2.35 bits per heavy atom. The molecule has 0 fully saturated rings. The van der Waals surface area contributed by atoms with Crippen LogP contribution in [0, 0.1) is 0 Å². The minimum atomic E-state index is -0.0394. The maximum Gasteiger partial charge on any atom is 0.236 e. The fourth-order valence-electron chi connectivity index (χ4n) is 1.60. The number of amides is 1. The molecule has 0 spiro atoms. The summed E-state index contributed by atoms with van der Waals surface area (Å²) in [6.45, 7) is 0.411. The molecule has 5 nitrogen and oxygen atoms in total. The fraction of sp³-hybridized carbons (Fsp3) is 0.429. The summed E-state index contributed by atoms with van der Waals surface area (Å²) >= 11 is 3.35. The Bertz CT molecular complexity index is 503. The van der Waals surface area contributed by atoms with Crippen molar-refractivity contribution < 1.29 is 14.3 Å². The molecule has 0 unspecified atom stereocenters. The summed E-state index contributed by atoms with van der Waals surface area (Å²) in [6, 6.07) is 5.18. The van der Waals surface area contributed by atoms with Gasteiger partial charge >= 0.3 is 0 Å². The second-order valence-corrected chi connectivity index (χ2v) is 5.59. The van der Waals surface area contributed by atoms with Crippen molar-refractivity contribution in [2.24, 2.45) is 0 Å². The molecule has 0 radical (unpaired) electrons. The molecule has 0 saturated heterocycles. The number of Topliss-reactive ketones (excluding diaryl/α,β-unsaturated/α-hetero) is 1. The first-order chi connectivity index (χ1) is 9.35. The van der Waals surface area contributed by atoms with Crippen LogP contribution in [0.5, 0.6) is 5.75 Å². The van der Waals surface area contributed by atoms with Gasteiger partial charge in [0.05, 0.1) is 24.7 Å². The second kappa shape index (κ2) is 7.40. The smallest absolute Gasteiger partial charge is 0.236 e. The van der Waals surface area contributed by atoms with Gasteiger partial charge in [-0.1, -0.05) is 0 Å². The van der Waals surface area contributed by atoms with Crippen LogP contribution in [0.4, 0.5) is 0 Å². The molecule has 0 N–H and O–H groups in total. The van der Waals surface area contributed by atoms with Gasteiger partial charge in [0.1, 0.15) is 5.75 Å². The van der Waals surface area contributed by atoms with Gasteiger partial charge < -0.3 is 9.64 Å². The Balaban J connectivity index is 2.67. The number of halogens is 1. The summed E-state index contributed by atoms with van der Waals surface area (Å²) < 4.78 is 5.86. The average molecular weight is 343 g/mol. The number of methoxy groups -OCH3 is 1. The van der Waals surface area contributed by atoms with E-state index in [0.717, 1.165) is 4.47 Å². The highest BCUT2D eigenvalue weighted by molar-refractivity contribution is 9.10. The van der Waals surface area contributed by atoms with Crippen molar-refractivity contribution in [1.29, 1.82) is 0 Å². The van der Waals surface area contributed by atoms with Crippen LogP contribution < -0.4 is 4.74 Å². The van der Waals surface area contributed by atoms with Crippen molar-refractivity contribution in [3.05, 3.63) is 28.2 Å². The molecule has 110 valence electrons. The van der Waals surface area contributed by atoms with Crippen molar-refractivity contribution in [2.75, 3.05) is 41.3 Å². The molecule has 20 heavy (non-hydrogen) atoms. The van der Waals surface area contributed by atoms with E-state index in [9.17, 15) is 9.59 Å². The number of carbonyl (C=O) groups is 2. The van der Waals surface area contributed by atoms with E-state index in [0.29, 0.717) is 11.3 Å². The van der Waals surface area contributed by atoms with E-state index < -0.39 is 0 Å². The summed E-state index contributed by atoms with van der Waals surface area (Å²) in [5.41, 5.74) is 0.585. The van der Waals surface area contributed by atoms with Gasteiger partial charge in [-0.25, -0.2) is 0 Å². The van der Waals surface area contributed by atoms with Crippen molar-refractivity contribution in [1.82, 2.24) is 9.80 Å². The molecule has 1 aromatic carbocycles. The highest BCUT2D eigenvalue weighted by atomic mass is 79.9. The third-order valence-electron chi connectivity index (χ3n) is 2.79. The van der Waals surface area contributed by atoms with E-state index >= 15 is 0 Å². The van der Waals surface area contributed by atoms with Crippen LogP contribution in [0.15, 0.2) is 22.7 Å². The summed E-state index contributed by atoms with van der Waals surface area (Å²) in [4.78, 5) is 26.9. The molecular formula is C14H19BrN2O3. The van der Waals surface area contributed by atoms with Crippen molar-refractivity contribution >= 4 is 27.6 Å². The van der Waals surface area contributed by atoms with Gasteiger partial charge in [0.2, 0.25) is 5.91 Å². The molecule has 0 heterocycles. The van der Waals surface area contributed by atoms with Gasteiger partial charge in [0.15, 0.2) is 5.78 Å². The molecule has 6 heteroatoms. The number of nitrogens with zero attached hydrogens (tertiary/aromatic N) is 2. The molecule has 1 rings (SSSR count). The Kier molecular flexibility index (Phi) is 6.16. The minimum absolute atomic E-state index is 0.0313. The zero-order chi connectivity index (χ0) is 15.3. The normalized spacial score (nSPS) is 10.5. The Morgan fingerprint density at radius 1 is 1.20 bits per heavy atom. The van der Waals surface area contributed by atoms with Gasteiger partial charge in [-0.2, -0.15) is 0 Å². The summed E-state index contributed by atoms with van der Waals surface area (Å²) in [6.07, 6.45) is 0. The lowest BCUT2D eigenvalue weighted by molar-refractivity contribution is -0.129. The standard InChI is InChI=1S/C14H19BrN2O3/c1-16(2)14(19)9-17(3)8-12(18)10-5-6-13(20-4)11(15)7-10/h5-7H,8-9H2,1-4H3. The van der Waals surface area contributed by atoms with Crippen LogP contribution in [-0.4, -0.2) is 62.8 Å². The molecular weight excluding hydrogens is 324 g/mol. The van der Waals surface area contributed by atoms with Crippen molar-refractivity contribution in [3.63, 3.8) is 0 Å². The molecule has 1 aromatic rings. The van der Waals surface area contributed by atoms with Crippen LogP contribution in [0.1, 0.15) is 10.4 Å². The van der Waals surface area contributed by atoms with E-state index in [1.807, 2.05) is 0 Å².